The van der Waals surface area contributed by atoms with Gasteiger partial charge in [0.2, 0.25) is 0 Å². The highest BCUT2D eigenvalue weighted by Crippen LogP contribution is 2.30. The van der Waals surface area contributed by atoms with Crippen LogP contribution in [-0.2, 0) is 0 Å². The van der Waals surface area contributed by atoms with Crippen molar-refractivity contribution in [2.75, 3.05) is 5.32 Å². The second kappa shape index (κ2) is 7.06. The van der Waals surface area contributed by atoms with Crippen molar-refractivity contribution < 1.29 is 5.11 Å². The Balaban J connectivity index is 1.67. The Labute approximate surface area is 159 Å². The van der Waals surface area contributed by atoms with Gasteiger partial charge in [-0.05, 0) is 65.9 Å². The summed E-state index contributed by atoms with van der Waals surface area (Å²) in [6.07, 6.45) is 6.83. The molecule has 0 aliphatic heterocycles. The lowest BCUT2D eigenvalue weighted by Gasteiger charge is -2.28. The minimum absolute atomic E-state index is 0.227. The number of rotatable bonds is 3. The van der Waals surface area contributed by atoms with Crippen LogP contribution < -0.4 is 5.32 Å². The van der Waals surface area contributed by atoms with Gasteiger partial charge in [-0.25, -0.2) is 4.52 Å². The van der Waals surface area contributed by atoms with Gasteiger partial charge in [-0.2, -0.15) is 10.4 Å². The van der Waals surface area contributed by atoms with Crippen LogP contribution in [0, 0.1) is 11.3 Å². The van der Waals surface area contributed by atoms with E-state index in [4.69, 9.17) is 5.26 Å². The Kier molecular flexibility index (Phi) is 4.62. The average molecular weight is 412 g/mol. The standard InChI is InChI=1S/C19H18BrN5O/c20-16-11-22-18(8-17(16)24-13-2-1-3-15(26)7-13)19-5-4-14-6-12(9-21)10-23-25(14)19/h4-6,8,10-11,13,15,26H,1-3,7H2,(H,22,24)/t13-,15+/m0/s1. The first-order chi connectivity index (χ1) is 12.6. The first-order valence-electron chi connectivity index (χ1n) is 8.62. The third-order valence-corrected chi connectivity index (χ3v) is 5.39. The van der Waals surface area contributed by atoms with Crippen LogP contribution in [0.3, 0.4) is 0 Å². The summed E-state index contributed by atoms with van der Waals surface area (Å²) in [4.78, 5) is 4.52. The van der Waals surface area contributed by atoms with Crippen molar-refractivity contribution in [2.45, 2.75) is 37.8 Å². The Morgan fingerprint density at radius 3 is 2.96 bits per heavy atom. The van der Waals surface area contributed by atoms with Gasteiger partial charge in [-0.1, -0.05) is 0 Å². The van der Waals surface area contributed by atoms with E-state index in [1.165, 1.54) is 0 Å². The third-order valence-electron chi connectivity index (χ3n) is 4.75. The molecule has 0 saturated heterocycles. The smallest absolute Gasteiger partial charge is 0.101 e. The van der Waals surface area contributed by atoms with Crippen molar-refractivity contribution in [3.63, 3.8) is 0 Å². The molecule has 3 aromatic heterocycles. The van der Waals surface area contributed by atoms with Gasteiger partial charge in [-0.3, -0.25) is 4.98 Å². The van der Waals surface area contributed by atoms with E-state index in [9.17, 15) is 5.11 Å². The third kappa shape index (κ3) is 3.30. The summed E-state index contributed by atoms with van der Waals surface area (Å²) >= 11 is 3.56. The van der Waals surface area contributed by atoms with Gasteiger partial charge in [0.05, 0.1) is 44.9 Å². The zero-order chi connectivity index (χ0) is 18.1. The highest BCUT2D eigenvalue weighted by Gasteiger charge is 2.21. The Hall–Kier alpha value is -2.43. The summed E-state index contributed by atoms with van der Waals surface area (Å²) in [5.74, 6) is 0. The molecule has 2 N–H and O–H groups in total. The number of hydrogen-bond acceptors (Lipinski definition) is 5. The molecule has 0 spiro atoms. The number of nitrogens with zero attached hydrogens (tertiary/aromatic N) is 4. The maximum Gasteiger partial charge on any atom is 0.101 e. The number of nitriles is 1. The van der Waals surface area contributed by atoms with Gasteiger partial charge in [0.25, 0.3) is 0 Å². The molecule has 3 aromatic rings. The quantitative estimate of drug-likeness (QED) is 0.685. The Morgan fingerprint density at radius 1 is 1.27 bits per heavy atom. The molecule has 3 heterocycles. The number of hydrogen-bond donors (Lipinski definition) is 2. The van der Waals surface area contributed by atoms with E-state index in [-0.39, 0.29) is 12.1 Å². The highest BCUT2D eigenvalue weighted by atomic mass is 79.9. The number of halogens is 1. The fourth-order valence-corrected chi connectivity index (χ4v) is 3.79. The molecule has 1 aliphatic rings. The maximum absolute atomic E-state index is 9.89. The van der Waals surface area contributed by atoms with E-state index >= 15 is 0 Å². The topological polar surface area (TPSA) is 86.2 Å². The fourth-order valence-electron chi connectivity index (χ4n) is 3.46. The van der Waals surface area contributed by atoms with Crippen LogP contribution in [-0.4, -0.2) is 31.9 Å². The minimum Gasteiger partial charge on any atom is -0.393 e. The second-order valence-electron chi connectivity index (χ2n) is 6.62. The summed E-state index contributed by atoms with van der Waals surface area (Å²) < 4.78 is 2.67. The Bertz CT molecular complexity index is 993. The number of aliphatic hydroxyl groups is 1. The molecule has 0 unspecified atom stereocenters. The molecule has 4 rings (SSSR count). The van der Waals surface area contributed by atoms with Crippen molar-refractivity contribution in [3.05, 3.63) is 46.7 Å². The van der Waals surface area contributed by atoms with E-state index in [0.717, 1.165) is 52.7 Å². The lowest BCUT2D eigenvalue weighted by Crippen LogP contribution is -2.30. The summed E-state index contributed by atoms with van der Waals surface area (Å²) in [5, 5.41) is 26.8. The fraction of sp³-hybridized carbons (Fsp3) is 0.316. The van der Waals surface area contributed by atoms with Gasteiger partial charge >= 0.3 is 0 Å². The molecule has 26 heavy (non-hydrogen) atoms. The number of pyridine rings is 1. The molecule has 1 aliphatic carbocycles. The molecule has 132 valence electrons. The molecular weight excluding hydrogens is 394 g/mol. The molecule has 6 nitrogen and oxygen atoms in total. The normalized spacial score (nSPS) is 20.0. The van der Waals surface area contributed by atoms with E-state index in [1.807, 2.05) is 18.2 Å². The lowest BCUT2D eigenvalue weighted by molar-refractivity contribution is 0.124. The van der Waals surface area contributed by atoms with Crippen LogP contribution in [0.2, 0.25) is 0 Å². The molecule has 2 atom stereocenters. The van der Waals surface area contributed by atoms with Gasteiger partial charge in [0, 0.05) is 12.2 Å². The van der Waals surface area contributed by atoms with Gasteiger partial charge in [-0.15, -0.1) is 0 Å². The van der Waals surface area contributed by atoms with Crippen LogP contribution in [0.1, 0.15) is 31.2 Å². The Morgan fingerprint density at radius 2 is 2.15 bits per heavy atom. The molecule has 7 heteroatoms. The van der Waals surface area contributed by atoms with E-state index in [0.29, 0.717) is 5.56 Å². The summed E-state index contributed by atoms with van der Waals surface area (Å²) in [6, 6.07) is 10.0. The summed E-state index contributed by atoms with van der Waals surface area (Å²) in [7, 11) is 0. The zero-order valence-electron chi connectivity index (χ0n) is 14.1. The maximum atomic E-state index is 9.89. The lowest BCUT2D eigenvalue weighted by atomic mass is 9.93. The first-order valence-corrected chi connectivity index (χ1v) is 9.42. The monoisotopic (exact) mass is 411 g/mol. The van der Waals surface area contributed by atoms with Crippen LogP contribution >= 0.6 is 15.9 Å². The zero-order valence-corrected chi connectivity index (χ0v) is 15.6. The van der Waals surface area contributed by atoms with Crippen LogP contribution in [0.25, 0.3) is 16.9 Å². The van der Waals surface area contributed by atoms with Crippen molar-refractivity contribution in [1.82, 2.24) is 14.6 Å². The first kappa shape index (κ1) is 17.0. The van der Waals surface area contributed by atoms with Crippen molar-refractivity contribution >= 4 is 27.1 Å². The SMILES string of the molecule is N#Cc1cnn2c(-c3cc(N[C@H]4CCC[C@@H](O)C4)c(Br)cn3)ccc2c1. The van der Waals surface area contributed by atoms with E-state index in [2.05, 4.69) is 37.4 Å². The van der Waals surface area contributed by atoms with Gasteiger partial charge in [0.1, 0.15) is 6.07 Å². The molecule has 0 aromatic carbocycles. The molecule has 0 bridgehead atoms. The second-order valence-corrected chi connectivity index (χ2v) is 7.48. The number of anilines is 1. The predicted molar refractivity (Wildman–Crippen MR) is 103 cm³/mol. The van der Waals surface area contributed by atoms with Gasteiger partial charge in [0.15, 0.2) is 0 Å². The number of nitrogens with one attached hydrogen (secondary N) is 1. The summed E-state index contributed by atoms with van der Waals surface area (Å²) in [5.41, 5.74) is 4.00. The predicted octanol–water partition coefficient (Wildman–Crippen LogP) is 3.75. The molecule has 0 radical (unpaired) electrons. The molecular formula is C19H18BrN5O. The van der Waals surface area contributed by atoms with Crippen LogP contribution in [0.15, 0.2) is 41.1 Å². The molecule has 1 fully saturated rings. The minimum atomic E-state index is -0.227. The van der Waals surface area contributed by atoms with Crippen molar-refractivity contribution in [2.24, 2.45) is 0 Å². The van der Waals surface area contributed by atoms with Crippen LogP contribution in [0.4, 0.5) is 5.69 Å². The van der Waals surface area contributed by atoms with Gasteiger partial charge < -0.3 is 10.4 Å². The molecule has 0 amide bonds. The van der Waals surface area contributed by atoms with Crippen LogP contribution in [0.5, 0.6) is 0 Å². The highest BCUT2D eigenvalue weighted by molar-refractivity contribution is 9.10. The molecule has 1 saturated carbocycles. The van der Waals surface area contributed by atoms with E-state index < -0.39 is 0 Å². The van der Waals surface area contributed by atoms with E-state index in [1.54, 1.807) is 23.0 Å². The number of aliphatic hydroxyl groups excluding tert-OH is 1. The summed E-state index contributed by atoms with van der Waals surface area (Å²) in [6.45, 7) is 0. The largest absolute Gasteiger partial charge is 0.393 e. The van der Waals surface area contributed by atoms with Crippen molar-refractivity contribution in [1.29, 1.82) is 5.26 Å². The van der Waals surface area contributed by atoms with Crippen molar-refractivity contribution in [3.8, 4) is 17.5 Å². The number of fused-ring (bicyclic) bond motifs is 1. The number of aromatic nitrogens is 3. The average Bonchev–Trinajstić information content (AvgIpc) is 3.06.